The van der Waals surface area contributed by atoms with Crippen LogP contribution >= 0.6 is 0 Å². The van der Waals surface area contributed by atoms with Crippen LogP contribution in [0.5, 0.6) is 0 Å². The predicted octanol–water partition coefficient (Wildman–Crippen LogP) is -1.22. The summed E-state index contributed by atoms with van der Waals surface area (Å²) >= 11 is 0. The van der Waals surface area contributed by atoms with Gasteiger partial charge < -0.3 is 25.8 Å². The topological polar surface area (TPSA) is 126 Å². The van der Waals surface area contributed by atoms with Crippen LogP contribution < -0.4 is 5.73 Å². The molecule has 2 aromatic rings. The molecule has 1 unspecified atom stereocenters. The van der Waals surface area contributed by atoms with Gasteiger partial charge in [-0.1, -0.05) is 5.92 Å². The van der Waals surface area contributed by atoms with Crippen molar-refractivity contribution in [3.8, 4) is 12.3 Å². The molecule has 8 heteroatoms. The molecule has 0 aromatic carbocycles. The minimum Gasteiger partial charge on any atom is -0.392 e. The number of rotatable bonds is 2. The Balaban J connectivity index is 2.11. The Morgan fingerprint density at radius 1 is 1.50 bits per heavy atom. The van der Waals surface area contributed by atoms with Crippen LogP contribution in [-0.4, -0.2) is 54.3 Å². The lowest BCUT2D eigenvalue weighted by molar-refractivity contribution is -0.0732. The van der Waals surface area contributed by atoms with Gasteiger partial charge in [0.25, 0.3) is 0 Å². The normalized spacial score (nSPS) is 31.5. The first-order valence-electron chi connectivity index (χ1n) is 6.68. The van der Waals surface area contributed by atoms with Crippen LogP contribution in [0.2, 0.25) is 0 Å². The van der Waals surface area contributed by atoms with Crippen molar-refractivity contribution in [1.29, 1.82) is 0 Å². The standard InChI is InChI=1S/C14H16N4O4/c1-3-14(6-19)12(21)10(20)11(22-14)8-4-5-9-13(15)16-7(2)17-18(8)9/h1,4-5,10-12,19-21H,6H2,2H3,(H2,15,16,17)/t10?,11-,12+,14+/m0/s1. The van der Waals surface area contributed by atoms with Gasteiger partial charge in [0.2, 0.25) is 0 Å². The van der Waals surface area contributed by atoms with Crippen LogP contribution in [0, 0.1) is 19.3 Å². The zero-order valence-corrected chi connectivity index (χ0v) is 11.8. The fourth-order valence-corrected chi connectivity index (χ4v) is 2.70. The number of aliphatic hydroxyl groups excluding tert-OH is 3. The van der Waals surface area contributed by atoms with Gasteiger partial charge in [0.1, 0.15) is 29.7 Å². The molecular formula is C14H16N4O4. The fraction of sp³-hybridized carbons (Fsp3) is 0.429. The summed E-state index contributed by atoms with van der Waals surface area (Å²) in [5.41, 5.74) is 5.20. The summed E-state index contributed by atoms with van der Waals surface area (Å²) in [5.74, 6) is 2.96. The Labute approximate surface area is 126 Å². The number of aryl methyl sites for hydroxylation is 1. The first kappa shape index (κ1) is 14.7. The number of nitrogens with zero attached hydrogens (tertiary/aromatic N) is 3. The molecule has 1 saturated heterocycles. The van der Waals surface area contributed by atoms with E-state index in [2.05, 4.69) is 16.0 Å². The second kappa shape index (κ2) is 4.93. The number of hydrogen-bond donors (Lipinski definition) is 4. The molecule has 0 radical (unpaired) electrons. The molecule has 3 heterocycles. The van der Waals surface area contributed by atoms with Gasteiger partial charge in [0.05, 0.1) is 12.3 Å². The molecule has 1 aliphatic rings. The van der Waals surface area contributed by atoms with E-state index in [0.717, 1.165) is 0 Å². The molecule has 8 nitrogen and oxygen atoms in total. The highest BCUT2D eigenvalue weighted by Crippen LogP contribution is 2.40. The van der Waals surface area contributed by atoms with E-state index in [-0.39, 0.29) is 5.82 Å². The first-order valence-corrected chi connectivity index (χ1v) is 6.68. The molecule has 5 N–H and O–H groups in total. The molecule has 116 valence electrons. The summed E-state index contributed by atoms with van der Waals surface area (Å²) < 4.78 is 7.08. The van der Waals surface area contributed by atoms with Crippen LogP contribution in [0.1, 0.15) is 17.6 Å². The van der Waals surface area contributed by atoms with Crippen molar-refractivity contribution in [1.82, 2.24) is 14.6 Å². The van der Waals surface area contributed by atoms with Crippen molar-refractivity contribution in [2.24, 2.45) is 0 Å². The second-order valence-electron chi connectivity index (χ2n) is 5.27. The number of hydrogen-bond acceptors (Lipinski definition) is 7. The number of terminal acetylenes is 1. The number of fused-ring (bicyclic) bond motifs is 1. The third kappa shape index (κ3) is 1.88. The Bertz CT molecular complexity index is 768. The highest BCUT2D eigenvalue weighted by atomic mass is 16.6. The minimum absolute atomic E-state index is 0.289. The minimum atomic E-state index is -1.65. The predicted molar refractivity (Wildman–Crippen MR) is 76.6 cm³/mol. The second-order valence-corrected chi connectivity index (χ2v) is 5.27. The van der Waals surface area contributed by atoms with E-state index in [0.29, 0.717) is 17.0 Å². The molecule has 0 saturated carbocycles. The monoisotopic (exact) mass is 304 g/mol. The van der Waals surface area contributed by atoms with E-state index in [4.69, 9.17) is 16.9 Å². The van der Waals surface area contributed by atoms with Crippen LogP contribution in [0.4, 0.5) is 5.82 Å². The van der Waals surface area contributed by atoms with Crippen LogP contribution in [0.25, 0.3) is 5.52 Å². The van der Waals surface area contributed by atoms with Gasteiger partial charge in [-0.05, 0) is 19.1 Å². The average Bonchev–Trinajstić information content (AvgIpc) is 3.01. The number of ether oxygens (including phenoxy) is 1. The summed E-state index contributed by atoms with van der Waals surface area (Å²) in [5, 5.41) is 34.0. The van der Waals surface area contributed by atoms with Gasteiger partial charge in [0, 0.05) is 0 Å². The van der Waals surface area contributed by atoms with E-state index in [1.807, 2.05) is 0 Å². The molecule has 4 atom stereocenters. The summed E-state index contributed by atoms with van der Waals surface area (Å²) in [6, 6.07) is 3.34. The van der Waals surface area contributed by atoms with E-state index < -0.39 is 30.5 Å². The first-order chi connectivity index (χ1) is 10.4. The van der Waals surface area contributed by atoms with Crippen LogP contribution in [0.15, 0.2) is 12.1 Å². The summed E-state index contributed by atoms with van der Waals surface area (Å²) in [6.07, 6.45) is 1.67. The molecular weight excluding hydrogens is 288 g/mol. The van der Waals surface area contributed by atoms with E-state index in [9.17, 15) is 15.3 Å². The summed E-state index contributed by atoms with van der Waals surface area (Å²) in [6.45, 7) is 1.07. The maximum Gasteiger partial charge on any atom is 0.180 e. The molecule has 1 fully saturated rings. The average molecular weight is 304 g/mol. The molecule has 1 aliphatic heterocycles. The number of nitrogen functional groups attached to an aromatic ring is 1. The van der Waals surface area contributed by atoms with Crippen molar-refractivity contribution in [3.63, 3.8) is 0 Å². The summed E-state index contributed by atoms with van der Waals surface area (Å²) in [4.78, 5) is 4.06. The van der Waals surface area contributed by atoms with Gasteiger partial charge in [0.15, 0.2) is 11.4 Å². The Hall–Kier alpha value is -2.18. The van der Waals surface area contributed by atoms with Crippen molar-refractivity contribution >= 4 is 11.3 Å². The molecule has 0 spiro atoms. The van der Waals surface area contributed by atoms with E-state index in [1.165, 1.54) is 4.52 Å². The molecule has 3 rings (SSSR count). The Morgan fingerprint density at radius 2 is 2.23 bits per heavy atom. The number of aromatic nitrogens is 3. The van der Waals surface area contributed by atoms with Gasteiger partial charge >= 0.3 is 0 Å². The highest BCUT2D eigenvalue weighted by molar-refractivity contribution is 5.65. The Kier molecular flexibility index (Phi) is 3.30. The maximum atomic E-state index is 10.3. The third-order valence-corrected chi connectivity index (χ3v) is 3.89. The maximum absolute atomic E-state index is 10.3. The van der Waals surface area contributed by atoms with Gasteiger partial charge in [-0.3, -0.25) is 0 Å². The molecule has 0 bridgehead atoms. The molecule has 22 heavy (non-hydrogen) atoms. The third-order valence-electron chi connectivity index (χ3n) is 3.89. The van der Waals surface area contributed by atoms with Crippen molar-refractivity contribution in [2.75, 3.05) is 12.3 Å². The lowest BCUT2D eigenvalue weighted by Gasteiger charge is -2.23. The van der Waals surface area contributed by atoms with Crippen molar-refractivity contribution in [3.05, 3.63) is 23.7 Å². The van der Waals surface area contributed by atoms with E-state index in [1.54, 1.807) is 19.1 Å². The van der Waals surface area contributed by atoms with Gasteiger partial charge in [-0.15, -0.1) is 6.42 Å². The number of nitrogens with two attached hydrogens (primary N) is 1. The quantitative estimate of drug-likeness (QED) is 0.512. The molecule has 0 amide bonds. The number of aliphatic hydroxyl groups is 3. The van der Waals surface area contributed by atoms with Crippen LogP contribution in [-0.2, 0) is 4.74 Å². The molecule has 2 aromatic heterocycles. The highest BCUT2D eigenvalue weighted by Gasteiger charge is 2.54. The van der Waals surface area contributed by atoms with Crippen molar-refractivity contribution < 1.29 is 20.1 Å². The lowest BCUT2D eigenvalue weighted by Crippen LogP contribution is -2.44. The fourth-order valence-electron chi connectivity index (χ4n) is 2.70. The zero-order chi connectivity index (χ0) is 16.1. The van der Waals surface area contributed by atoms with Gasteiger partial charge in [-0.2, -0.15) is 5.10 Å². The SMILES string of the molecule is C#C[C@]1(CO)O[C@@H](c2ccc3c(N)nc(C)nn23)C(O)[C@H]1O. The largest absolute Gasteiger partial charge is 0.392 e. The molecule has 0 aliphatic carbocycles. The Morgan fingerprint density at radius 3 is 2.82 bits per heavy atom. The lowest BCUT2D eigenvalue weighted by atomic mass is 9.96. The smallest absolute Gasteiger partial charge is 0.180 e. The zero-order valence-electron chi connectivity index (χ0n) is 11.8. The summed E-state index contributed by atoms with van der Waals surface area (Å²) in [7, 11) is 0. The van der Waals surface area contributed by atoms with Crippen molar-refractivity contribution in [2.45, 2.75) is 30.8 Å². The van der Waals surface area contributed by atoms with E-state index >= 15 is 0 Å². The van der Waals surface area contributed by atoms with Crippen LogP contribution in [0.3, 0.4) is 0 Å². The van der Waals surface area contributed by atoms with Gasteiger partial charge in [-0.25, -0.2) is 9.50 Å². The number of anilines is 1.